The van der Waals surface area contributed by atoms with Crippen molar-refractivity contribution in [2.45, 2.75) is 13.8 Å². The van der Waals surface area contributed by atoms with E-state index in [1.807, 2.05) is 58.3 Å². The number of aromatic amines is 1. The molecule has 24 heavy (non-hydrogen) atoms. The fourth-order valence-corrected chi connectivity index (χ4v) is 2.67. The zero-order valence-electron chi connectivity index (χ0n) is 14.5. The first-order valence-electron chi connectivity index (χ1n) is 7.93. The van der Waals surface area contributed by atoms with Gasteiger partial charge in [-0.05, 0) is 58.3 Å². The summed E-state index contributed by atoms with van der Waals surface area (Å²) in [7, 11) is 4.03. The maximum atomic E-state index is 12.2. The van der Waals surface area contributed by atoms with E-state index in [2.05, 4.69) is 15.0 Å². The Morgan fingerprint density at radius 2 is 1.92 bits per heavy atom. The third-order valence-corrected chi connectivity index (χ3v) is 3.88. The number of H-pyrrole nitrogens is 1. The van der Waals surface area contributed by atoms with Crippen molar-refractivity contribution < 1.29 is 4.74 Å². The number of nitrogens with one attached hydrogen (secondary N) is 1. The topological polar surface area (TPSA) is 63.1 Å². The summed E-state index contributed by atoms with van der Waals surface area (Å²) in [5.74, 6) is 0.822. The van der Waals surface area contributed by atoms with Crippen molar-refractivity contribution in [2.24, 2.45) is 0 Å². The Bertz CT molecular complexity index is 907. The average molecular weight is 326 g/mol. The number of aryl methyl sites for hydroxylation is 2. The molecule has 2 aromatic heterocycles. The highest BCUT2D eigenvalue weighted by atomic mass is 16.5. The van der Waals surface area contributed by atoms with Gasteiger partial charge in [-0.3, -0.25) is 4.79 Å². The molecule has 0 bridgehead atoms. The van der Waals surface area contributed by atoms with Gasteiger partial charge in [0.2, 0.25) is 0 Å². The summed E-state index contributed by atoms with van der Waals surface area (Å²) >= 11 is 0. The van der Waals surface area contributed by atoms with E-state index in [0.29, 0.717) is 12.0 Å². The lowest BCUT2D eigenvalue weighted by molar-refractivity contribution is 0.261. The molecule has 0 saturated heterocycles. The molecule has 6 nitrogen and oxygen atoms in total. The average Bonchev–Trinajstić information content (AvgIpc) is 2.84. The number of ether oxygens (including phenoxy) is 1. The Morgan fingerprint density at radius 1 is 1.21 bits per heavy atom. The van der Waals surface area contributed by atoms with Gasteiger partial charge >= 0.3 is 0 Å². The highest BCUT2D eigenvalue weighted by Crippen LogP contribution is 2.21. The molecule has 0 aliphatic rings. The van der Waals surface area contributed by atoms with Gasteiger partial charge in [0.15, 0.2) is 0 Å². The first-order valence-corrected chi connectivity index (χ1v) is 7.93. The summed E-state index contributed by atoms with van der Waals surface area (Å²) in [4.78, 5) is 17.1. The monoisotopic (exact) mass is 326 g/mol. The molecular weight excluding hydrogens is 304 g/mol. The van der Waals surface area contributed by atoms with E-state index in [4.69, 9.17) is 4.74 Å². The van der Waals surface area contributed by atoms with Crippen LogP contribution in [0.2, 0.25) is 0 Å². The maximum absolute atomic E-state index is 12.2. The first-order chi connectivity index (χ1) is 11.5. The molecule has 0 saturated carbocycles. The SMILES string of the molecule is Cc1cc2c(c(C)nn2-c2ccc(OCCN(C)C)cc2)c(=O)[nH]1. The fraction of sp³-hybridized carbons (Fsp3) is 0.333. The summed E-state index contributed by atoms with van der Waals surface area (Å²) in [6.07, 6.45) is 0. The minimum absolute atomic E-state index is 0.0996. The molecule has 0 aliphatic heterocycles. The third kappa shape index (κ3) is 3.19. The molecule has 1 N–H and O–H groups in total. The predicted octanol–water partition coefficient (Wildman–Crippen LogP) is 2.27. The Balaban J connectivity index is 1.92. The summed E-state index contributed by atoms with van der Waals surface area (Å²) in [6.45, 7) is 5.23. The van der Waals surface area contributed by atoms with Gasteiger partial charge < -0.3 is 14.6 Å². The van der Waals surface area contributed by atoms with Gasteiger partial charge in [0.25, 0.3) is 5.56 Å². The number of pyridine rings is 1. The molecule has 0 fully saturated rings. The fourth-order valence-electron chi connectivity index (χ4n) is 2.67. The van der Waals surface area contributed by atoms with E-state index in [1.54, 1.807) is 4.68 Å². The second-order valence-electron chi connectivity index (χ2n) is 6.18. The summed E-state index contributed by atoms with van der Waals surface area (Å²) in [5, 5.41) is 5.16. The van der Waals surface area contributed by atoms with Crippen LogP contribution in [0, 0.1) is 13.8 Å². The van der Waals surface area contributed by atoms with Crippen LogP contribution in [0.5, 0.6) is 5.75 Å². The van der Waals surface area contributed by atoms with Crippen molar-refractivity contribution in [3.8, 4) is 11.4 Å². The van der Waals surface area contributed by atoms with Crippen LogP contribution >= 0.6 is 0 Å². The molecular formula is C18H22N4O2. The van der Waals surface area contributed by atoms with Crippen molar-refractivity contribution in [2.75, 3.05) is 27.2 Å². The predicted molar refractivity (Wildman–Crippen MR) is 95.2 cm³/mol. The smallest absolute Gasteiger partial charge is 0.259 e. The first kappa shape index (κ1) is 16.3. The third-order valence-electron chi connectivity index (χ3n) is 3.88. The van der Waals surface area contributed by atoms with Gasteiger partial charge in [-0.25, -0.2) is 4.68 Å². The molecule has 0 spiro atoms. The van der Waals surface area contributed by atoms with Gasteiger partial charge in [-0.1, -0.05) is 0 Å². The number of rotatable bonds is 5. The number of likely N-dealkylation sites (N-methyl/N-ethyl adjacent to an activating group) is 1. The molecule has 0 aliphatic carbocycles. The molecule has 0 unspecified atom stereocenters. The van der Waals surface area contributed by atoms with E-state index in [1.165, 1.54) is 0 Å². The number of nitrogens with zero attached hydrogens (tertiary/aromatic N) is 3. The largest absolute Gasteiger partial charge is 0.492 e. The van der Waals surface area contributed by atoms with Crippen molar-refractivity contribution in [3.05, 3.63) is 52.1 Å². The number of fused-ring (bicyclic) bond motifs is 1. The Kier molecular flexibility index (Phi) is 4.40. The second kappa shape index (κ2) is 6.49. The Hall–Kier alpha value is -2.60. The quantitative estimate of drug-likeness (QED) is 0.781. The number of aromatic nitrogens is 3. The molecule has 126 valence electrons. The normalized spacial score (nSPS) is 11.4. The molecule has 0 amide bonds. The zero-order valence-corrected chi connectivity index (χ0v) is 14.5. The second-order valence-corrected chi connectivity index (χ2v) is 6.18. The summed E-state index contributed by atoms with van der Waals surface area (Å²) < 4.78 is 7.51. The highest BCUT2D eigenvalue weighted by molar-refractivity contribution is 5.82. The van der Waals surface area contributed by atoms with Crippen LogP contribution < -0.4 is 10.3 Å². The van der Waals surface area contributed by atoms with Gasteiger partial charge in [0.05, 0.1) is 22.3 Å². The summed E-state index contributed by atoms with van der Waals surface area (Å²) in [6, 6.07) is 9.70. The highest BCUT2D eigenvalue weighted by Gasteiger charge is 2.12. The van der Waals surface area contributed by atoms with E-state index >= 15 is 0 Å². The van der Waals surface area contributed by atoms with Crippen LogP contribution in [-0.2, 0) is 0 Å². The van der Waals surface area contributed by atoms with Crippen LogP contribution in [0.15, 0.2) is 35.1 Å². The van der Waals surface area contributed by atoms with E-state index < -0.39 is 0 Å². The molecule has 1 aromatic carbocycles. The molecule has 6 heteroatoms. The van der Waals surface area contributed by atoms with Crippen LogP contribution in [0.25, 0.3) is 16.6 Å². The van der Waals surface area contributed by atoms with Gasteiger partial charge in [-0.2, -0.15) is 5.10 Å². The Labute approximate surface area is 140 Å². The van der Waals surface area contributed by atoms with E-state index in [-0.39, 0.29) is 5.56 Å². The van der Waals surface area contributed by atoms with Crippen LogP contribution in [0.4, 0.5) is 0 Å². The molecule has 0 radical (unpaired) electrons. The van der Waals surface area contributed by atoms with Crippen molar-refractivity contribution in [3.63, 3.8) is 0 Å². The lowest BCUT2D eigenvalue weighted by Gasteiger charge is -2.11. The zero-order chi connectivity index (χ0) is 17.3. The lowest BCUT2D eigenvalue weighted by Crippen LogP contribution is -2.19. The Morgan fingerprint density at radius 3 is 2.58 bits per heavy atom. The number of benzene rings is 1. The van der Waals surface area contributed by atoms with E-state index in [0.717, 1.165) is 34.9 Å². The molecule has 2 heterocycles. The molecule has 3 rings (SSSR count). The standard InChI is InChI=1S/C18H22N4O2/c1-12-11-16-17(18(23)19-12)13(2)20-22(16)14-5-7-15(8-6-14)24-10-9-21(3)4/h5-8,11H,9-10H2,1-4H3,(H,19,23). The van der Waals surface area contributed by atoms with Gasteiger partial charge in [-0.15, -0.1) is 0 Å². The van der Waals surface area contributed by atoms with Crippen molar-refractivity contribution in [1.29, 1.82) is 0 Å². The van der Waals surface area contributed by atoms with Gasteiger partial charge in [0.1, 0.15) is 12.4 Å². The minimum Gasteiger partial charge on any atom is -0.492 e. The van der Waals surface area contributed by atoms with E-state index in [9.17, 15) is 4.79 Å². The minimum atomic E-state index is -0.0996. The van der Waals surface area contributed by atoms with Crippen molar-refractivity contribution in [1.82, 2.24) is 19.7 Å². The molecule has 0 atom stereocenters. The number of hydrogen-bond acceptors (Lipinski definition) is 4. The van der Waals surface area contributed by atoms with Crippen molar-refractivity contribution >= 4 is 10.9 Å². The lowest BCUT2D eigenvalue weighted by atomic mass is 10.2. The maximum Gasteiger partial charge on any atom is 0.259 e. The molecule has 3 aromatic rings. The van der Waals surface area contributed by atoms with Crippen LogP contribution in [0.1, 0.15) is 11.4 Å². The van der Waals surface area contributed by atoms with Gasteiger partial charge in [0, 0.05) is 12.2 Å². The van der Waals surface area contributed by atoms with Crippen LogP contribution in [-0.4, -0.2) is 46.9 Å². The summed E-state index contributed by atoms with van der Waals surface area (Å²) in [5.41, 5.74) is 3.15. The number of hydrogen-bond donors (Lipinski definition) is 1. The van der Waals surface area contributed by atoms with Crippen LogP contribution in [0.3, 0.4) is 0 Å².